The van der Waals surface area contributed by atoms with Gasteiger partial charge in [-0.1, -0.05) is 11.6 Å². The minimum absolute atomic E-state index is 0.0425. The predicted molar refractivity (Wildman–Crippen MR) is 119 cm³/mol. The van der Waals surface area contributed by atoms with E-state index in [2.05, 4.69) is 25.6 Å². The summed E-state index contributed by atoms with van der Waals surface area (Å²) >= 11 is 5.75. The zero-order chi connectivity index (χ0) is 23.0. The lowest BCUT2D eigenvalue weighted by molar-refractivity contribution is -0.122. The van der Waals surface area contributed by atoms with Crippen molar-refractivity contribution < 1.29 is 13.6 Å². The Hall–Kier alpha value is -3.01. The normalized spacial score (nSPS) is 18.8. The molecule has 170 valence electrons. The van der Waals surface area contributed by atoms with Crippen LogP contribution in [0.4, 0.5) is 26.4 Å². The van der Waals surface area contributed by atoms with Crippen LogP contribution in [0, 0.1) is 17.6 Å². The number of aromatic nitrogens is 4. The molecule has 0 unspecified atom stereocenters. The number of fused-ring (bicyclic) bond motifs is 1. The summed E-state index contributed by atoms with van der Waals surface area (Å²) in [5.41, 5.74) is 6.13. The van der Waals surface area contributed by atoms with Crippen LogP contribution in [0.15, 0.2) is 18.3 Å². The molecule has 32 heavy (non-hydrogen) atoms. The van der Waals surface area contributed by atoms with Gasteiger partial charge < -0.3 is 16.4 Å². The fourth-order valence-electron chi connectivity index (χ4n) is 4.04. The summed E-state index contributed by atoms with van der Waals surface area (Å²) in [7, 11) is 0. The molecule has 0 bridgehead atoms. The summed E-state index contributed by atoms with van der Waals surface area (Å²) in [5.74, 6) is -1.50. The van der Waals surface area contributed by atoms with Crippen molar-refractivity contribution in [3.8, 4) is 0 Å². The Morgan fingerprint density at radius 2 is 1.84 bits per heavy atom. The second kappa shape index (κ2) is 8.85. The van der Waals surface area contributed by atoms with Crippen molar-refractivity contribution >= 4 is 46.3 Å². The van der Waals surface area contributed by atoms with Crippen LogP contribution < -0.4 is 16.4 Å². The number of hydrogen-bond donors (Lipinski definition) is 3. The molecule has 2 heterocycles. The van der Waals surface area contributed by atoms with E-state index in [1.165, 1.54) is 0 Å². The number of primary amides is 1. The van der Waals surface area contributed by atoms with E-state index in [0.29, 0.717) is 42.8 Å². The number of rotatable bonds is 6. The van der Waals surface area contributed by atoms with Crippen LogP contribution in [0.5, 0.6) is 0 Å². The zero-order valence-corrected chi connectivity index (χ0v) is 18.5. The maximum Gasteiger partial charge on any atom is 0.224 e. The van der Waals surface area contributed by atoms with Crippen LogP contribution in [-0.4, -0.2) is 31.5 Å². The van der Waals surface area contributed by atoms with E-state index in [-0.39, 0.29) is 40.6 Å². The SMILES string of the molecule is CC(C)Nc1ncc2nc(Nc3c(F)cc(Cl)cc3F)n([C@H]3CC[C@@H](C(N)=O)CC3)c2n1. The van der Waals surface area contributed by atoms with Gasteiger partial charge in [-0.25, -0.2) is 18.7 Å². The van der Waals surface area contributed by atoms with Crippen molar-refractivity contribution in [3.05, 3.63) is 35.0 Å². The molecule has 0 spiro atoms. The quantitative estimate of drug-likeness (QED) is 0.495. The standard InChI is InChI=1S/C21H24ClF2N7O/c1-10(2)27-20-26-9-16-19(30-20)31(13-5-3-11(4-6-13)18(25)32)21(28-16)29-17-14(23)7-12(22)8-15(17)24/h7-11,13H,3-6H2,1-2H3,(H2,25,32)(H,28,29)(H,26,27,30)/t11-,13+. The number of benzene rings is 1. The topological polar surface area (TPSA) is 111 Å². The van der Waals surface area contributed by atoms with E-state index >= 15 is 0 Å². The lowest BCUT2D eigenvalue weighted by atomic mass is 9.85. The van der Waals surface area contributed by atoms with E-state index in [9.17, 15) is 13.6 Å². The molecule has 11 heteroatoms. The maximum absolute atomic E-state index is 14.5. The number of halogens is 3. The van der Waals surface area contributed by atoms with E-state index in [4.69, 9.17) is 17.3 Å². The molecule has 8 nitrogen and oxygen atoms in total. The van der Waals surface area contributed by atoms with Crippen molar-refractivity contribution in [3.63, 3.8) is 0 Å². The molecular formula is C21H24ClF2N7O. The van der Waals surface area contributed by atoms with Crippen molar-refractivity contribution in [2.45, 2.75) is 51.6 Å². The summed E-state index contributed by atoms with van der Waals surface area (Å²) < 4.78 is 30.7. The summed E-state index contributed by atoms with van der Waals surface area (Å²) in [4.78, 5) is 25.0. The van der Waals surface area contributed by atoms with Gasteiger partial charge in [0.25, 0.3) is 0 Å². The van der Waals surface area contributed by atoms with Crippen LogP contribution in [0.1, 0.15) is 45.6 Å². The largest absolute Gasteiger partial charge is 0.369 e. The summed E-state index contributed by atoms with van der Waals surface area (Å²) in [6, 6.07) is 2.09. The molecule has 4 N–H and O–H groups in total. The van der Waals surface area contributed by atoms with Crippen LogP contribution in [0.25, 0.3) is 11.2 Å². The number of nitrogens with zero attached hydrogens (tertiary/aromatic N) is 4. The second-order valence-corrected chi connectivity index (χ2v) is 8.72. The van der Waals surface area contributed by atoms with E-state index in [0.717, 1.165) is 12.1 Å². The number of nitrogens with two attached hydrogens (primary N) is 1. The van der Waals surface area contributed by atoms with E-state index in [1.54, 1.807) is 6.20 Å². The molecule has 0 aliphatic heterocycles. The Bertz CT molecular complexity index is 1140. The van der Waals surface area contributed by atoms with Gasteiger partial charge in [0.1, 0.15) is 11.2 Å². The highest BCUT2D eigenvalue weighted by Gasteiger charge is 2.29. The van der Waals surface area contributed by atoms with Gasteiger partial charge in [0.2, 0.25) is 17.8 Å². The maximum atomic E-state index is 14.5. The number of nitrogens with one attached hydrogen (secondary N) is 2. The van der Waals surface area contributed by atoms with Gasteiger partial charge >= 0.3 is 0 Å². The Morgan fingerprint density at radius 1 is 1.19 bits per heavy atom. The Balaban J connectivity index is 1.78. The van der Waals surface area contributed by atoms with Crippen molar-refractivity contribution in [2.24, 2.45) is 11.7 Å². The molecule has 1 aliphatic rings. The third-order valence-corrected chi connectivity index (χ3v) is 5.78. The number of amides is 1. The highest BCUT2D eigenvalue weighted by atomic mass is 35.5. The van der Waals surface area contributed by atoms with Crippen LogP contribution in [0.2, 0.25) is 5.02 Å². The predicted octanol–water partition coefficient (Wildman–Crippen LogP) is 4.54. The number of carbonyl (C=O) groups is 1. The van der Waals surface area contributed by atoms with E-state index < -0.39 is 11.6 Å². The smallest absolute Gasteiger partial charge is 0.224 e. The van der Waals surface area contributed by atoms with Gasteiger partial charge in [-0.05, 0) is 51.7 Å². The van der Waals surface area contributed by atoms with Crippen molar-refractivity contribution in [1.82, 2.24) is 19.5 Å². The first-order valence-electron chi connectivity index (χ1n) is 10.4. The van der Waals surface area contributed by atoms with Gasteiger partial charge in [0.05, 0.1) is 6.20 Å². The molecule has 1 fully saturated rings. The molecule has 2 aromatic heterocycles. The lowest BCUT2D eigenvalue weighted by Crippen LogP contribution is -2.29. The fraction of sp³-hybridized carbons (Fsp3) is 0.429. The Kier molecular flexibility index (Phi) is 6.14. The molecule has 3 aromatic rings. The lowest BCUT2D eigenvalue weighted by Gasteiger charge is -2.29. The third kappa shape index (κ3) is 4.45. The number of imidazole rings is 1. The molecule has 1 saturated carbocycles. The molecule has 0 radical (unpaired) electrons. The number of carbonyl (C=O) groups excluding carboxylic acids is 1. The molecule has 4 rings (SSSR count). The molecule has 1 aliphatic carbocycles. The van der Waals surface area contributed by atoms with Crippen molar-refractivity contribution in [1.29, 1.82) is 0 Å². The summed E-state index contributed by atoms with van der Waals surface area (Å²) in [5, 5.41) is 5.89. The van der Waals surface area contributed by atoms with Gasteiger partial charge in [-0.2, -0.15) is 4.98 Å². The molecule has 1 aromatic carbocycles. The first-order chi connectivity index (χ1) is 15.2. The molecular weight excluding hydrogens is 440 g/mol. The van der Waals surface area contributed by atoms with Crippen LogP contribution in [0.3, 0.4) is 0 Å². The first kappa shape index (κ1) is 22.2. The molecule has 0 atom stereocenters. The van der Waals surface area contributed by atoms with Gasteiger partial charge in [0, 0.05) is 23.0 Å². The van der Waals surface area contributed by atoms with Crippen molar-refractivity contribution in [2.75, 3.05) is 10.6 Å². The minimum Gasteiger partial charge on any atom is -0.369 e. The zero-order valence-electron chi connectivity index (χ0n) is 17.7. The van der Waals surface area contributed by atoms with E-state index in [1.807, 2.05) is 18.4 Å². The minimum atomic E-state index is -0.834. The van der Waals surface area contributed by atoms with Gasteiger partial charge in [0.15, 0.2) is 17.3 Å². The van der Waals surface area contributed by atoms with Crippen LogP contribution in [-0.2, 0) is 4.79 Å². The third-order valence-electron chi connectivity index (χ3n) is 5.56. The first-order valence-corrected chi connectivity index (χ1v) is 10.8. The number of hydrogen-bond acceptors (Lipinski definition) is 6. The summed E-state index contributed by atoms with van der Waals surface area (Å²) in [6.07, 6.45) is 4.10. The fourth-order valence-corrected chi connectivity index (χ4v) is 4.24. The average molecular weight is 464 g/mol. The van der Waals surface area contributed by atoms with Gasteiger partial charge in [-0.3, -0.25) is 9.36 Å². The average Bonchev–Trinajstić information content (AvgIpc) is 3.07. The molecule has 1 amide bonds. The highest BCUT2D eigenvalue weighted by Crippen LogP contribution is 2.37. The van der Waals surface area contributed by atoms with Gasteiger partial charge in [-0.15, -0.1) is 0 Å². The summed E-state index contributed by atoms with van der Waals surface area (Å²) in [6.45, 7) is 3.93. The highest BCUT2D eigenvalue weighted by molar-refractivity contribution is 6.30. The Morgan fingerprint density at radius 3 is 2.44 bits per heavy atom. The monoisotopic (exact) mass is 463 g/mol. The second-order valence-electron chi connectivity index (χ2n) is 8.28. The number of anilines is 3. The van der Waals surface area contributed by atoms with Crippen LogP contribution >= 0.6 is 11.6 Å². The molecule has 0 saturated heterocycles. The Labute approximate surface area is 188 Å².